The van der Waals surface area contributed by atoms with E-state index < -0.39 is 11.6 Å². The topological polar surface area (TPSA) is 0 Å². The van der Waals surface area contributed by atoms with Crippen LogP contribution in [0.15, 0.2) is 24.3 Å². The second-order valence-corrected chi connectivity index (χ2v) is 1.44. The summed E-state index contributed by atoms with van der Waals surface area (Å²) in [5.74, 6) is -0.821. The van der Waals surface area contributed by atoms with Gasteiger partial charge in [-0.2, -0.15) is 0 Å². The molecule has 0 saturated heterocycles. The summed E-state index contributed by atoms with van der Waals surface area (Å²) in [4.78, 5) is 0. The molecule has 0 bridgehead atoms. The summed E-state index contributed by atoms with van der Waals surface area (Å²) in [7, 11) is 0. The van der Waals surface area contributed by atoms with Crippen molar-refractivity contribution in [2.75, 3.05) is 0 Å². The van der Waals surface area contributed by atoms with Crippen LogP contribution < -0.4 is 0 Å². The van der Waals surface area contributed by atoms with Crippen LogP contribution in [-0.2, 0) is 0 Å². The van der Waals surface area contributed by atoms with Crippen LogP contribution in [0.3, 0.4) is 0 Å². The number of rotatable bonds is 0. The molecule has 0 atom stereocenters. The van der Waals surface area contributed by atoms with Gasteiger partial charge in [-0.05, 0) is 24.3 Å². The standard InChI is InChI=1S/C6H4F2.BrH/c7-5-1-2-6(8)4-3-5;/h1-4H;1H. The van der Waals surface area contributed by atoms with E-state index in [0.717, 1.165) is 24.3 Å². The monoisotopic (exact) mass is 194 g/mol. The molecule has 3 heteroatoms. The lowest BCUT2D eigenvalue weighted by atomic mass is 10.3. The van der Waals surface area contributed by atoms with E-state index in [-0.39, 0.29) is 17.0 Å². The molecule has 9 heavy (non-hydrogen) atoms. The fourth-order valence-corrected chi connectivity index (χ4v) is 0.430. The van der Waals surface area contributed by atoms with Crippen LogP contribution in [-0.4, -0.2) is 0 Å². The van der Waals surface area contributed by atoms with Crippen molar-refractivity contribution in [2.24, 2.45) is 0 Å². The van der Waals surface area contributed by atoms with Gasteiger partial charge in [0, 0.05) is 0 Å². The quantitative estimate of drug-likeness (QED) is 0.596. The predicted octanol–water partition coefficient (Wildman–Crippen LogP) is 2.54. The van der Waals surface area contributed by atoms with Crippen molar-refractivity contribution in [2.45, 2.75) is 0 Å². The van der Waals surface area contributed by atoms with Gasteiger partial charge in [-0.1, -0.05) is 0 Å². The predicted molar refractivity (Wildman–Crippen MR) is 36.7 cm³/mol. The third kappa shape index (κ3) is 2.56. The maximum absolute atomic E-state index is 11.9. The highest BCUT2D eigenvalue weighted by Crippen LogP contribution is 1.98. The normalized spacial score (nSPS) is 8.22. The van der Waals surface area contributed by atoms with Crippen molar-refractivity contribution < 1.29 is 8.78 Å². The number of halogens is 3. The van der Waals surface area contributed by atoms with Crippen LogP contribution in [0.4, 0.5) is 8.78 Å². The summed E-state index contributed by atoms with van der Waals surface area (Å²) >= 11 is 0. The molecule has 0 aliphatic rings. The van der Waals surface area contributed by atoms with Gasteiger partial charge in [-0.25, -0.2) is 8.78 Å². The largest absolute Gasteiger partial charge is 0.207 e. The lowest BCUT2D eigenvalue weighted by molar-refractivity contribution is 0.600. The first-order valence-corrected chi connectivity index (χ1v) is 2.20. The first-order chi connectivity index (χ1) is 3.79. The summed E-state index contributed by atoms with van der Waals surface area (Å²) in [6.07, 6.45) is 0. The average Bonchev–Trinajstić information content (AvgIpc) is 1.77. The van der Waals surface area contributed by atoms with Crippen LogP contribution in [0.2, 0.25) is 0 Å². The fraction of sp³-hybridized carbons (Fsp3) is 0. The van der Waals surface area contributed by atoms with Crippen LogP contribution in [0.25, 0.3) is 0 Å². The first kappa shape index (κ1) is 8.56. The molecule has 1 aromatic rings. The summed E-state index contributed by atoms with van der Waals surface area (Å²) in [6.45, 7) is 0. The van der Waals surface area contributed by atoms with E-state index in [0.29, 0.717) is 0 Å². The SMILES string of the molecule is Br.Fc1ccc(F)cc1. The molecule has 0 aliphatic heterocycles. The Morgan fingerprint density at radius 3 is 1.22 bits per heavy atom. The lowest BCUT2D eigenvalue weighted by Crippen LogP contribution is -1.72. The van der Waals surface area contributed by atoms with Crippen LogP contribution in [0.1, 0.15) is 0 Å². The molecule has 1 rings (SSSR count). The zero-order valence-electron chi connectivity index (χ0n) is 4.47. The average molecular weight is 195 g/mol. The van der Waals surface area contributed by atoms with Gasteiger partial charge in [0.1, 0.15) is 11.6 Å². The van der Waals surface area contributed by atoms with Gasteiger partial charge in [0.05, 0.1) is 0 Å². The van der Waals surface area contributed by atoms with E-state index in [1.807, 2.05) is 0 Å². The number of hydrogen-bond donors (Lipinski definition) is 0. The molecule has 0 aliphatic carbocycles. The van der Waals surface area contributed by atoms with E-state index >= 15 is 0 Å². The number of hydrogen-bond acceptors (Lipinski definition) is 0. The fourth-order valence-electron chi connectivity index (χ4n) is 0.430. The highest BCUT2D eigenvalue weighted by atomic mass is 79.9. The van der Waals surface area contributed by atoms with Gasteiger partial charge in [-0.3, -0.25) is 0 Å². The zero-order chi connectivity index (χ0) is 5.98. The maximum atomic E-state index is 11.9. The molecule has 0 radical (unpaired) electrons. The van der Waals surface area contributed by atoms with Crippen molar-refractivity contribution in [3.05, 3.63) is 35.9 Å². The van der Waals surface area contributed by atoms with Crippen molar-refractivity contribution in [1.29, 1.82) is 0 Å². The summed E-state index contributed by atoms with van der Waals surface area (Å²) in [6, 6.07) is 4.31. The Hall–Kier alpha value is -0.440. The summed E-state index contributed by atoms with van der Waals surface area (Å²) in [5, 5.41) is 0. The van der Waals surface area contributed by atoms with Crippen LogP contribution >= 0.6 is 17.0 Å². The van der Waals surface area contributed by atoms with Crippen LogP contribution in [0, 0.1) is 11.6 Å². The highest BCUT2D eigenvalue weighted by Gasteiger charge is 1.86. The van der Waals surface area contributed by atoms with Crippen molar-refractivity contribution in [3.8, 4) is 0 Å². The molecule has 0 heterocycles. The first-order valence-electron chi connectivity index (χ1n) is 2.20. The molecule has 50 valence electrons. The van der Waals surface area contributed by atoms with Crippen molar-refractivity contribution in [1.82, 2.24) is 0 Å². The van der Waals surface area contributed by atoms with E-state index in [2.05, 4.69) is 0 Å². The molecule has 0 nitrogen and oxygen atoms in total. The van der Waals surface area contributed by atoms with Crippen molar-refractivity contribution >= 4 is 17.0 Å². The Labute approximate surface area is 62.3 Å². The summed E-state index contributed by atoms with van der Waals surface area (Å²) < 4.78 is 23.8. The molecule has 0 saturated carbocycles. The molecule has 0 amide bonds. The molecule has 1 aromatic carbocycles. The zero-order valence-corrected chi connectivity index (χ0v) is 6.19. The van der Waals surface area contributed by atoms with E-state index in [1.54, 1.807) is 0 Å². The second-order valence-electron chi connectivity index (χ2n) is 1.44. The Balaban J connectivity index is 0.000000640. The molecule has 0 spiro atoms. The molecule has 0 unspecified atom stereocenters. The Morgan fingerprint density at radius 1 is 0.778 bits per heavy atom. The van der Waals surface area contributed by atoms with Crippen LogP contribution in [0.5, 0.6) is 0 Å². The highest BCUT2D eigenvalue weighted by molar-refractivity contribution is 8.93. The Morgan fingerprint density at radius 2 is 1.00 bits per heavy atom. The molecule has 0 aromatic heterocycles. The Kier molecular flexibility index (Phi) is 3.39. The second kappa shape index (κ2) is 3.56. The molecule has 0 N–H and O–H groups in total. The minimum Gasteiger partial charge on any atom is -0.207 e. The van der Waals surface area contributed by atoms with Gasteiger partial charge < -0.3 is 0 Å². The summed E-state index contributed by atoms with van der Waals surface area (Å²) in [5.41, 5.74) is 0. The Bertz CT molecular complexity index is 150. The number of benzene rings is 1. The van der Waals surface area contributed by atoms with E-state index in [9.17, 15) is 8.78 Å². The minimum atomic E-state index is -0.411. The van der Waals surface area contributed by atoms with Crippen molar-refractivity contribution in [3.63, 3.8) is 0 Å². The van der Waals surface area contributed by atoms with Gasteiger partial charge in [0.15, 0.2) is 0 Å². The van der Waals surface area contributed by atoms with E-state index in [4.69, 9.17) is 0 Å². The molecule has 0 fully saturated rings. The minimum absolute atomic E-state index is 0. The maximum Gasteiger partial charge on any atom is 0.123 e. The third-order valence-corrected chi connectivity index (χ3v) is 0.804. The lowest BCUT2D eigenvalue weighted by Gasteiger charge is -1.83. The smallest absolute Gasteiger partial charge is 0.123 e. The third-order valence-electron chi connectivity index (χ3n) is 0.804. The molecular weight excluding hydrogens is 190 g/mol. The van der Waals surface area contributed by atoms with Gasteiger partial charge >= 0.3 is 0 Å². The van der Waals surface area contributed by atoms with E-state index in [1.165, 1.54) is 0 Å². The van der Waals surface area contributed by atoms with Gasteiger partial charge in [0.25, 0.3) is 0 Å². The molecular formula is C6H5BrF2. The van der Waals surface area contributed by atoms with Gasteiger partial charge in [0.2, 0.25) is 0 Å². The van der Waals surface area contributed by atoms with Gasteiger partial charge in [-0.15, -0.1) is 17.0 Å².